The quantitative estimate of drug-likeness (QED) is 0.579. The lowest BCUT2D eigenvalue weighted by Crippen LogP contribution is -2.26. The average Bonchev–Trinajstić information content (AvgIpc) is 1.80. The van der Waals surface area contributed by atoms with Crippen molar-refractivity contribution in [2.45, 2.75) is 19.1 Å². The maximum atomic E-state index is 11.3. The Kier molecular flexibility index (Phi) is 3.18. The summed E-state index contributed by atoms with van der Waals surface area (Å²) in [4.78, 5) is 12.9. The molecule has 0 saturated carbocycles. The van der Waals surface area contributed by atoms with E-state index in [-0.39, 0.29) is 6.21 Å². The van der Waals surface area contributed by atoms with Crippen molar-refractivity contribution in [1.82, 2.24) is 0 Å². The number of halogens is 3. The van der Waals surface area contributed by atoms with E-state index >= 15 is 0 Å². The molecule has 0 aliphatic carbocycles. The second-order valence-corrected chi connectivity index (χ2v) is 1.93. The van der Waals surface area contributed by atoms with Gasteiger partial charge in [-0.25, -0.2) is 4.99 Å². The normalized spacial score (nSPS) is 15.4. The third-order valence-electron chi connectivity index (χ3n) is 0.728. The van der Waals surface area contributed by atoms with Gasteiger partial charge in [-0.3, -0.25) is 4.79 Å². The highest BCUT2D eigenvalue weighted by molar-refractivity contribution is 5.89. The van der Waals surface area contributed by atoms with Crippen molar-refractivity contribution in [2.24, 2.45) is 10.7 Å². The van der Waals surface area contributed by atoms with Gasteiger partial charge in [0.15, 0.2) is 0 Å². The van der Waals surface area contributed by atoms with E-state index in [1.54, 1.807) is 0 Å². The summed E-state index contributed by atoms with van der Waals surface area (Å²) in [5.41, 5.74) is 4.93. The monoisotopic (exact) mass is 168 g/mol. The molecule has 0 fully saturated rings. The minimum Gasteiger partial charge on any atom is -0.320 e. The molecule has 0 aliphatic rings. The molecular formula is C5H7F3N2O. The Hall–Kier alpha value is -0.910. The van der Waals surface area contributed by atoms with Crippen LogP contribution in [-0.4, -0.2) is 24.3 Å². The summed E-state index contributed by atoms with van der Waals surface area (Å²) in [6.45, 7) is 1.26. The second kappa shape index (κ2) is 3.47. The number of hydrogen-bond donors (Lipinski definition) is 1. The van der Waals surface area contributed by atoms with Gasteiger partial charge in [0.25, 0.3) is 5.91 Å². The van der Waals surface area contributed by atoms with Crippen LogP contribution in [0.5, 0.6) is 0 Å². The van der Waals surface area contributed by atoms with Crippen molar-refractivity contribution < 1.29 is 18.0 Å². The fourth-order valence-electron chi connectivity index (χ4n) is 0.254. The molecule has 64 valence electrons. The molecule has 3 nitrogen and oxygen atoms in total. The van der Waals surface area contributed by atoms with Gasteiger partial charge in [0.2, 0.25) is 0 Å². The van der Waals surface area contributed by atoms with Crippen molar-refractivity contribution in [2.75, 3.05) is 0 Å². The molecule has 0 radical (unpaired) electrons. The van der Waals surface area contributed by atoms with Gasteiger partial charge in [-0.1, -0.05) is 0 Å². The van der Waals surface area contributed by atoms with Crippen LogP contribution in [0.1, 0.15) is 6.92 Å². The fraction of sp³-hybridized carbons (Fsp3) is 0.600. The van der Waals surface area contributed by atoms with Gasteiger partial charge in [-0.05, 0) is 6.92 Å². The largest absolute Gasteiger partial charge is 0.426 e. The number of rotatable bonds is 1. The molecule has 0 spiro atoms. The predicted molar refractivity (Wildman–Crippen MR) is 33.2 cm³/mol. The van der Waals surface area contributed by atoms with E-state index < -0.39 is 18.1 Å². The molecule has 0 unspecified atom stereocenters. The van der Waals surface area contributed by atoms with Crippen LogP contribution in [0, 0.1) is 0 Å². The molecule has 11 heavy (non-hydrogen) atoms. The number of carbonyl (C=O) groups excluding carboxylic acids is 1. The first-order chi connectivity index (χ1) is 4.83. The highest BCUT2D eigenvalue weighted by atomic mass is 19.4. The topological polar surface area (TPSA) is 55.5 Å². The van der Waals surface area contributed by atoms with E-state index in [0.717, 1.165) is 0 Å². The minimum absolute atomic E-state index is 0.376. The smallest absolute Gasteiger partial charge is 0.320 e. The molecule has 0 aromatic rings. The zero-order chi connectivity index (χ0) is 9.07. The molecule has 0 aliphatic heterocycles. The molecule has 0 saturated heterocycles. The number of nitrogens with two attached hydrogens (primary N) is 1. The zero-order valence-corrected chi connectivity index (χ0v) is 5.72. The van der Waals surface area contributed by atoms with E-state index in [4.69, 9.17) is 5.73 Å². The van der Waals surface area contributed by atoms with Crippen LogP contribution in [0.25, 0.3) is 0 Å². The van der Waals surface area contributed by atoms with Gasteiger partial charge in [-0.15, -0.1) is 0 Å². The summed E-state index contributed by atoms with van der Waals surface area (Å²) in [6.07, 6.45) is -4.93. The number of aliphatic imine (C=N–C) groups is 1. The molecule has 6 heteroatoms. The predicted octanol–water partition coefficient (Wildman–Crippen LogP) is 0.493. The number of nitrogens with zero attached hydrogens (tertiary/aromatic N) is 1. The molecule has 0 aromatic heterocycles. The number of hydrogen-bond acceptors (Lipinski definition) is 2. The Labute approximate surface area is 61.1 Å². The van der Waals surface area contributed by atoms with Gasteiger partial charge in [-0.2, -0.15) is 13.2 Å². The molecule has 1 atom stereocenters. The third-order valence-corrected chi connectivity index (χ3v) is 0.728. The van der Waals surface area contributed by atoms with Gasteiger partial charge < -0.3 is 5.73 Å². The molecule has 1 amide bonds. The van der Waals surface area contributed by atoms with Crippen molar-refractivity contribution in [3.63, 3.8) is 0 Å². The van der Waals surface area contributed by atoms with Crippen molar-refractivity contribution in [1.29, 1.82) is 0 Å². The summed E-state index contributed by atoms with van der Waals surface area (Å²) in [7, 11) is 0. The van der Waals surface area contributed by atoms with Gasteiger partial charge in [0.1, 0.15) is 6.21 Å². The minimum atomic E-state index is -4.55. The van der Waals surface area contributed by atoms with E-state index in [0.29, 0.717) is 0 Å². The summed E-state index contributed by atoms with van der Waals surface area (Å²) >= 11 is 0. The third kappa shape index (κ3) is 5.53. The Balaban J connectivity index is 4.05. The molecule has 0 rings (SSSR count). The maximum Gasteiger partial charge on any atom is 0.426 e. The Morgan fingerprint density at radius 1 is 1.64 bits per heavy atom. The molecule has 0 aromatic carbocycles. The Morgan fingerprint density at radius 2 is 2.09 bits per heavy atom. The van der Waals surface area contributed by atoms with E-state index in [1.165, 1.54) is 6.92 Å². The number of alkyl halides is 3. The van der Waals surface area contributed by atoms with Gasteiger partial charge in [0, 0.05) is 0 Å². The fourth-order valence-corrected chi connectivity index (χ4v) is 0.254. The second-order valence-electron chi connectivity index (χ2n) is 1.93. The molecular weight excluding hydrogens is 161 g/mol. The summed E-state index contributed by atoms with van der Waals surface area (Å²) in [6, 6.07) is -0.992. The zero-order valence-electron chi connectivity index (χ0n) is 5.72. The first-order valence-corrected chi connectivity index (χ1v) is 2.74. The SMILES string of the molecule is C[C@H](N)C(=O)N=CC(F)(F)F. The van der Waals surface area contributed by atoms with Crippen molar-refractivity contribution in [3.05, 3.63) is 0 Å². The van der Waals surface area contributed by atoms with Crippen LogP contribution < -0.4 is 5.73 Å². The molecule has 0 bridgehead atoms. The van der Waals surface area contributed by atoms with Gasteiger partial charge in [0.05, 0.1) is 6.04 Å². The lowest BCUT2D eigenvalue weighted by Gasteiger charge is -1.98. The maximum absolute atomic E-state index is 11.3. The van der Waals surface area contributed by atoms with E-state index in [1.807, 2.05) is 0 Å². The first-order valence-electron chi connectivity index (χ1n) is 2.74. The summed E-state index contributed by atoms with van der Waals surface area (Å²) in [5.74, 6) is -0.984. The van der Waals surface area contributed by atoms with Crippen LogP contribution in [0.15, 0.2) is 4.99 Å². The standard InChI is InChI=1S/C5H7F3N2O/c1-3(9)4(11)10-2-5(6,7)8/h2-3H,9H2,1H3/t3-/m0/s1. The highest BCUT2D eigenvalue weighted by Crippen LogP contribution is 2.10. The van der Waals surface area contributed by atoms with Crippen LogP contribution in [0.4, 0.5) is 13.2 Å². The molecule has 2 N–H and O–H groups in total. The van der Waals surface area contributed by atoms with E-state index in [9.17, 15) is 18.0 Å². The highest BCUT2D eigenvalue weighted by Gasteiger charge is 2.24. The van der Waals surface area contributed by atoms with Crippen LogP contribution in [0.2, 0.25) is 0 Å². The van der Waals surface area contributed by atoms with Gasteiger partial charge >= 0.3 is 6.18 Å². The summed E-state index contributed by atoms with van der Waals surface area (Å²) in [5, 5.41) is 0. The van der Waals surface area contributed by atoms with Crippen LogP contribution in [0.3, 0.4) is 0 Å². The number of carbonyl (C=O) groups is 1. The van der Waals surface area contributed by atoms with Crippen LogP contribution >= 0.6 is 0 Å². The van der Waals surface area contributed by atoms with Crippen molar-refractivity contribution >= 4 is 12.1 Å². The number of amides is 1. The summed E-state index contributed by atoms with van der Waals surface area (Å²) < 4.78 is 34.0. The first kappa shape index (κ1) is 10.1. The Morgan fingerprint density at radius 3 is 2.36 bits per heavy atom. The van der Waals surface area contributed by atoms with E-state index in [2.05, 4.69) is 4.99 Å². The van der Waals surface area contributed by atoms with Crippen LogP contribution in [-0.2, 0) is 4.79 Å². The lowest BCUT2D eigenvalue weighted by molar-refractivity contribution is -0.119. The van der Waals surface area contributed by atoms with Crippen molar-refractivity contribution in [3.8, 4) is 0 Å². The lowest BCUT2D eigenvalue weighted by atomic mass is 10.3. The molecule has 0 heterocycles. The Bertz CT molecular complexity index is 173. The average molecular weight is 168 g/mol.